The Morgan fingerprint density at radius 1 is 1.22 bits per heavy atom. The monoisotopic (exact) mass is 364 g/mol. The van der Waals surface area contributed by atoms with Crippen LogP contribution in [0.5, 0.6) is 0 Å². The first-order chi connectivity index (χ1) is 13.0. The number of carbonyl (C=O) groups excluding carboxylic acids is 1. The number of amides is 1. The van der Waals surface area contributed by atoms with Crippen molar-refractivity contribution in [1.82, 2.24) is 5.32 Å². The largest absolute Gasteiger partial charge is 0.635 e. The van der Waals surface area contributed by atoms with Crippen LogP contribution in [0.2, 0.25) is 0 Å². The number of nitrogens with one attached hydrogen (secondary N) is 1. The molecule has 2 aromatic carbocycles. The number of rotatable bonds is 7. The van der Waals surface area contributed by atoms with Crippen molar-refractivity contribution in [3.8, 4) is 6.07 Å². The quantitative estimate of drug-likeness (QED) is 0.432. The standard InChI is InChI=1S/C19H17BN2O5/c21-11-14-7-5-13(6-8-14)9-18(23)22-19(27-20(24)25)10-15-12-26-17-4-2-1-3-16(15)17/h1-8,12,19,24-25H,9-10H2,(H,22,23)/t19-/m1/s1. The molecular formula is C19H17BN2O5. The number of nitriles is 1. The van der Waals surface area contributed by atoms with E-state index in [0.717, 1.165) is 16.5 Å². The van der Waals surface area contributed by atoms with E-state index in [2.05, 4.69) is 5.32 Å². The van der Waals surface area contributed by atoms with Crippen LogP contribution in [0.15, 0.2) is 59.2 Å². The smallest absolute Gasteiger partial charge is 0.464 e. The van der Waals surface area contributed by atoms with E-state index in [9.17, 15) is 4.79 Å². The van der Waals surface area contributed by atoms with Gasteiger partial charge in [0.15, 0.2) is 0 Å². The van der Waals surface area contributed by atoms with Gasteiger partial charge < -0.3 is 24.4 Å². The summed E-state index contributed by atoms with van der Waals surface area (Å²) in [6, 6.07) is 16.1. The fraction of sp³-hybridized carbons (Fsp3) is 0.158. The Morgan fingerprint density at radius 3 is 2.67 bits per heavy atom. The number of benzene rings is 2. The Morgan fingerprint density at radius 2 is 1.96 bits per heavy atom. The normalized spacial score (nSPS) is 11.7. The van der Waals surface area contributed by atoms with E-state index < -0.39 is 13.5 Å². The number of hydrogen-bond acceptors (Lipinski definition) is 6. The Labute approximate surface area is 156 Å². The van der Waals surface area contributed by atoms with Gasteiger partial charge in [-0.1, -0.05) is 30.3 Å². The predicted octanol–water partition coefficient (Wildman–Crippen LogP) is 1.52. The molecule has 7 nitrogen and oxygen atoms in total. The molecule has 27 heavy (non-hydrogen) atoms. The Balaban J connectivity index is 1.68. The lowest BCUT2D eigenvalue weighted by Gasteiger charge is -2.19. The predicted molar refractivity (Wildman–Crippen MR) is 98.0 cm³/mol. The van der Waals surface area contributed by atoms with Crippen molar-refractivity contribution in [3.05, 3.63) is 71.5 Å². The molecule has 0 unspecified atom stereocenters. The molecule has 1 aromatic heterocycles. The molecule has 0 saturated carbocycles. The summed E-state index contributed by atoms with van der Waals surface area (Å²) in [5.74, 6) is -0.349. The first kappa shape index (κ1) is 18.7. The van der Waals surface area contributed by atoms with Gasteiger partial charge in [0.2, 0.25) is 5.91 Å². The molecule has 0 fully saturated rings. The minimum atomic E-state index is -2.02. The van der Waals surface area contributed by atoms with Crippen molar-refractivity contribution in [2.24, 2.45) is 0 Å². The number of carbonyl (C=O) groups is 1. The van der Waals surface area contributed by atoms with Crippen molar-refractivity contribution in [2.45, 2.75) is 19.1 Å². The molecular weight excluding hydrogens is 347 g/mol. The Hall–Kier alpha value is -3.12. The number of nitrogens with zero attached hydrogens (tertiary/aromatic N) is 1. The molecule has 0 radical (unpaired) electrons. The second-order valence-electron chi connectivity index (χ2n) is 5.97. The molecule has 0 aliphatic carbocycles. The molecule has 1 heterocycles. The zero-order valence-corrected chi connectivity index (χ0v) is 14.3. The summed E-state index contributed by atoms with van der Waals surface area (Å²) in [4.78, 5) is 12.3. The highest BCUT2D eigenvalue weighted by Crippen LogP contribution is 2.22. The molecule has 8 heteroatoms. The van der Waals surface area contributed by atoms with Crippen LogP contribution in [0.3, 0.4) is 0 Å². The average Bonchev–Trinajstić information content (AvgIpc) is 3.05. The van der Waals surface area contributed by atoms with Crippen LogP contribution in [0.25, 0.3) is 11.0 Å². The fourth-order valence-electron chi connectivity index (χ4n) is 2.78. The average molecular weight is 364 g/mol. The third kappa shape index (κ3) is 4.95. The summed E-state index contributed by atoms with van der Waals surface area (Å²) in [5, 5.41) is 30.6. The summed E-state index contributed by atoms with van der Waals surface area (Å²) < 4.78 is 10.5. The van der Waals surface area contributed by atoms with Crippen LogP contribution >= 0.6 is 0 Å². The fourth-order valence-corrected chi connectivity index (χ4v) is 2.78. The van der Waals surface area contributed by atoms with E-state index in [4.69, 9.17) is 24.4 Å². The van der Waals surface area contributed by atoms with Crippen molar-refractivity contribution in [1.29, 1.82) is 5.26 Å². The molecule has 0 spiro atoms. The molecule has 0 aliphatic rings. The molecule has 0 bridgehead atoms. The number of para-hydroxylation sites is 1. The van der Waals surface area contributed by atoms with E-state index in [1.165, 1.54) is 0 Å². The summed E-state index contributed by atoms with van der Waals surface area (Å²) in [7, 11) is -2.02. The van der Waals surface area contributed by atoms with Crippen LogP contribution < -0.4 is 5.32 Å². The van der Waals surface area contributed by atoms with Gasteiger partial charge in [-0.2, -0.15) is 5.26 Å². The van der Waals surface area contributed by atoms with Crippen LogP contribution in [0.1, 0.15) is 16.7 Å². The van der Waals surface area contributed by atoms with E-state index in [1.54, 1.807) is 30.5 Å². The van der Waals surface area contributed by atoms with Gasteiger partial charge in [0.1, 0.15) is 11.8 Å². The number of fused-ring (bicyclic) bond motifs is 1. The van der Waals surface area contributed by atoms with Crippen molar-refractivity contribution >= 4 is 24.2 Å². The van der Waals surface area contributed by atoms with Crippen LogP contribution in [-0.4, -0.2) is 29.5 Å². The van der Waals surface area contributed by atoms with Gasteiger partial charge in [-0.3, -0.25) is 4.79 Å². The Bertz CT molecular complexity index is 962. The first-order valence-electron chi connectivity index (χ1n) is 8.30. The lowest BCUT2D eigenvalue weighted by Crippen LogP contribution is -2.43. The molecule has 3 aromatic rings. The van der Waals surface area contributed by atoms with Crippen LogP contribution in [-0.2, 0) is 22.3 Å². The maximum Gasteiger partial charge on any atom is 0.635 e. The van der Waals surface area contributed by atoms with E-state index in [-0.39, 0.29) is 18.7 Å². The summed E-state index contributed by atoms with van der Waals surface area (Å²) in [6.07, 6.45) is 0.877. The minimum absolute atomic E-state index is 0.0687. The van der Waals surface area contributed by atoms with Crippen molar-refractivity contribution in [3.63, 3.8) is 0 Å². The lowest BCUT2D eigenvalue weighted by atomic mass is 10.1. The van der Waals surface area contributed by atoms with Gasteiger partial charge >= 0.3 is 7.32 Å². The van der Waals surface area contributed by atoms with Crippen molar-refractivity contribution in [2.75, 3.05) is 0 Å². The Kier molecular flexibility index (Phi) is 5.89. The first-order valence-corrected chi connectivity index (χ1v) is 8.30. The molecule has 1 atom stereocenters. The summed E-state index contributed by atoms with van der Waals surface area (Å²) in [5.41, 5.74) is 2.70. The minimum Gasteiger partial charge on any atom is -0.464 e. The van der Waals surface area contributed by atoms with E-state index >= 15 is 0 Å². The summed E-state index contributed by atoms with van der Waals surface area (Å²) in [6.45, 7) is 0. The lowest BCUT2D eigenvalue weighted by molar-refractivity contribution is -0.123. The van der Waals surface area contributed by atoms with Gasteiger partial charge in [-0.15, -0.1) is 0 Å². The maximum absolute atomic E-state index is 12.3. The third-order valence-electron chi connectivity index (χ3n) is 4.02. The van der Waals surface area contributed by atoms with Gasteiger partial charge in [-0.05, 0) is 23.8 Å². The molecule has 3 rings (SSSR count). The van der Waals surface area contributed by atoms with Gasteiger partial charge in [-0.25, -0.2) is 0 Å². The molecule has 3 N–H and O–H groups in total. The van der Waals surface area contributed by atoms with E-state index in [1.807, 2.05) is 30.3 Å². The second kappa shape index (κ2) is 8.51. The van der Waals surface area contributed by atoms with Crippen molar-refractivity contribution < 1.29 is 23.9 Å². The van der Waals surface area contributed by atoms with Crippen LogP contribution in [0, 0.1) is 11.3 Å². The molecule has 0 saturated heterocycles. The highest BCUT2D eigenvalue weighted by atomic mass is 16.6. The second-order valence-corrected chi connectivity index (χ2v) is 5.97. The third-order valence-corrected chi connectivity index (χ3v) is 4.02. The molecule has 136 valence electrons. The SMILES string of the molecule is N#Cc1ccc(CC(=O)N[C@@H](Cc2coc3ccccc23)OB(O)O)cc1. The van der Waals surface area contributed by atoms with Gasteiger partial charge in [0.05, 0.1) is 24.3 Å². The zero-order valence-electron chi connectivity index (χ0n) is 14.3. The highest BCUT2D eigenvalue weighted by Gasteiger charge is 2.22. The zero-order chi connectivity index (χ0) is 19.2. The van der Waals surface area contributed by atoms with Gasteiger partial charge in [0.25, 0.3) is 0 Å². The van der Waals surface area contributed by atoms with E-state index in [0.29, 0.717) is 11.1 Å². The van der Waals surface area contributed by atoms with Gasteiger partial charge in [0, 0.05) is 17.4 Å². The van der Waals surface area contributed by atoms with Crippen LogP contribution in [0.4, 0.5) is 0 Å². The highest BCUT2D eigenvalue weighted by molar-refractivity contribution is 6.32. The molecule has 0 aliphatic heterocycles. The number of hydrogen-bond donors (Lipinski definition) is 3. The maximum atomic E-state index is 12.3. The topological polar surface area (TPSA) is 116 Å². The molecule has 1 amide bonds. The summed E-state index contributed by atoms with van der Waals surface area (Å²) >= 11 is 0. The number of furan rings is 1.